The summed E-state index contributed by atoms with van der Waals surface area (Å²) in [6.07, 6.45) is -4.50. The van der Waals surface area contributed by atoms with E-state index in [2.05, 4.69) is 5.32 Å². The van der Waals surface area contributed by atoms with E-state index in [-0.39, 0.29) is 49.6 Å². The zero-order valence-corrected chi connectivity index (χ0v) is 23.1. The second-order valence-electron chi connectivity index (χ2n) is 11.1. The third kappa shape index (κ3) is 5.57. The summed E-state index contributed by atoms with van der Waals surface area (Å²) in [5.41, 5.74) is 2.40. The minimum absolute atomic E-state index is 0.00469. The maximum atomic E-state index is 14.6. The van der Waals surface area contributed by atoms with Gasteiger partial charge in [-0.25, -0.2) is 0 Å². The molecule has 8 nitrogen and oxygen atoms in total. The van der Waals surface area contributed by atoms with Crippen LogP contribution in [0, 0.1) is 0 Å². The first-order valence-electron chi connectivity index (χ1n) is 14.1. The number of imide groups is 2. The van der Waals surface area contributed by atoms with Crippen molar-refractivity contribution in [2.24, 2.45) is 0 Å². The van der Waals surface area contributed by atoms with Gasteiger partial charge < -0.3 is 0 Å². The van der Waals surface area contributed by atoms with Crippen molar-refractivity contribution in [3.8, 4) is 0 Å². The summed E-state index contributed by atoms with van der Waals surface area (Å²) in [6.45, 7) is 0.190. The molecule has 43 heavy (non-hydrogen) atoms. The van der Waals surface area contributed by atoms with Crippen LogP contribution in [0.25, 0.3) is 0 Å². The Morgan fingerprint density at radius 2 is 1.44 bits per heavy atom. The van der Waals surface area contributed by atoms with Gasteiger partial charge >= 0.3 is 6.18 Å². The SMILES string of the molecule is O=C1CCC(N2C(=O)c3ccc(CN4CCN(C(c5ccccc5)c5ccccc5)CC4C(F)(F)F)cc3C2=O)C(=O)N1. The number of amides is 4. The lowest BCUT2D eigenvalue weighted by Gasteiger charge is -2.45. The normalized spacial score (nSPS) is 21.8. The Labute approximate surface area is 246 Å². The largest absolute Gasteiger partial charge is 0.405 e. The lowest BCUT2D eigenvalue weighted by atomic mass is 9.95. The molecule has 3 aliphatic rings. The number of benzene rings is 3. The van der Waals surface area contributed by atoms with Gasteiger partial charge in [0, 0.05) is 32.6 Å². The summed E-state index contributed by atoms with van der Waals surface area (Å²) in [4.78, 5) is 54.2. The maximum Gasteiger partial charge on any atom is 0.405 e. The van der Waals surface area contributed by atoms with Crippen LogP contribution < -0.4 is 5.32 Å². The van der Waals surface area contributed by atoms with Crippen molar-refractivity contribution in [3.05, 3.63) is 107 Å². The molecule has 0 aliphatic carbocycles. The standard InChI is InChI=1S/C32H29F3N4O4/c33-32(34,35)26-19-38(28(21-7-3-1-4-8-21)22-9-5-2-6-10-22)16-15-37(26)18-20-11-12-23-24(17-20)31(43)39(30(23)42)25-13-14-27(40)36-29(25)41/h1-12,17,25-26,28H,13-16,18-19H2,(H,36,40,41). The highest BCUT2D eigenvalue weighted by Crippen LogP contribution is 2.36. The van der Waals surface area contributed by atoms with E-state index in [9.17, 15) is 32.3 Å². The van der Waals surface area contributed by atoms with Gasteiger partial charge in [-0.3, -0.25) is 39.2 Å². The average molecular weight is 591 g/mol. The lowest BCUT2D eigenvalue weighted by molar-refractivity contribution is -0.200. The van der Waals surface area contributed by atoms with Crippen LogP contribution in [0.1, 0.15) is 56.3 Å². The second-order valence-corrected chi connectivity index (χ2v) is 11.1. The molecule has 0 radical (unpaired) electrons. The van der Waals surface area contributed by atoms with E-state index in [4.69, 9.17) is 0 Å². The number of rotatable bonds is 6. The zero-order valence-electron chi connectivity index (χ0n) is 23.1. The molecule has 222 valence electrons. The summed E-state index contributed by atoms with van der Waals surface area (Å²) in [7, 11) is 0. The number of carbonyl (C=O) groups excluding carboxylic acids is 4. The monoisotopic (exact) mass is 590 g/mol. The number of nitrogens with one attached hydrogen (secondary N) is 1. The average Bonchev–Trinajstić information content (AvgIpc) is 3.23. The molecule has 4 amide bonds. The molecular weight excluding hydrogens is 561 g/mol. The third-order valence-electron chi connectivity index (χ3n) is 8.39. The number of alkyl halides is 3. The first kappa shape index (κ1) is 28.8. The van der Waals surface area contributed by atoms with Gasteiger partial charge in [0.2, 0.25) is 11.8 Å². The fourth-order valence-corrected chi connectivity index (χ4v) is 6.31. The molecule has 1 N–H and O–H groups in total. The Kier molecular flexibility index (Phi) is 7.61. The maximum absolute atomic E-state index is 14.6. The number of piperazine rings is 1. The molecule has 0 aromatic heterocycles. The van der Waals surface area contributed by atoms with Crippen molar-refractivity contribution in [2.45, 2.75) is 43.7 Å². The highest BCUT2D eigenvalue weighted by Gasteiger charge is 2.48. The van der Waals surface area contributed by atoms with Crippen molar-refractivity contribution < 1.29 is 32.3 Å². The zero-order chi connectivity index (χ0) is 30.3. The minimum atomic E-state index is -4.51. The second kappa shape index (κ2) is 11.4. The van der Waals surface area contributed by atoms with Gasteiger partial charge in [-0.1, -0.05) is 66.7 Å². The Hall–Kier alpha value is -4.35. The molecule has 6 rings (SSSR count). The number of hydrogen-bond donors (Lipinski definition) is 1. The van der Waals surface area contributed by atoms with Crippen LogP contribution in [-0.4, -0.2) is 76.2 Å². The summed E-state index contributed by atoms with van der Waals surface area (Å²) in [6, 6.07) is 20.2. The Bertz CT molecular complexity index is 1520. The number of hydrogen-bond acceptors (Lipinski definition) is 6. The molecule has 0 bridgehead atoms. The topological polar surface area (TPSA) is 90.0 Å². The molecule has 2 fully saturated rings. The Morgan fingerprint density at radius 1 is 0.814 bits per heavy atom. The van der Waals surface area contributed by atoms with Crippen LogP contribution in [-0.2, 0) is 16.1 Å². The summed E-state index contributed by atoms with van der Waals surface area (Å²) in [5.74, 6) is -2.54. The molecule has 0 spiro atoms. The van der Waals surface area contributed by atoms with Crippen molar-refractivity contribution in [2.75, 3.05) is 19.6 Å². The van der Waals surface area contributed by atoms with Crippen LogP contribution in [0.5, 0.6) is 0 Å². The first-order chi connectivity index (χ1) is 20.6. The van der Waals surface area contributed by atoms with Crippen LogP contribution in [0.15, 0.2) is 78.9 Å². The van der Waals surface area contributed by atoms with Crippen LogP contribution >= 0.6 is 0 Å². The van der Waals surface area contributed by atoms with Gasteiger partial charge in [0.05, 0.1) is 17.2 Å². The third-order valence-corrected chi connectivity index (χ3v) is 8.39. The predicted molar refractivity (Wildman–Crippen MR) is 150 cm³/mol. The van der Waals surface area contributed by atoms with E-state index in [0.717, 1.165) is 16.0 Å². The van der Waals surface area contributed by atoms with E-state index in [1.54, 1.807) is 6.07 Å². The van der Waals surface area contributed by atoms with Crippen LogP contribution in [0.4, 0.5) is 13.2 Å². The number of nitrogens with zero attached hydrogens (tertiary/aromatic N) is 3. The fourth-order valence-electron chi connectivity index (χ4n) is 6.31. The quantitative estimate of drug-likeness (QED) is 0.438. The van der Waals surface area contributed by atoms with Gasteiger partial charge in [-0.2, -0.15) is 13.2 Å². The highest BCUT2D eigenvalue weighted by molar-refractivity contribution is 6.23. The first-order valence-corrected chi connectivity index (χ1v) is 14.1. The molecule has 3 heterocycles. The van der Waals surface area contributed by atoms with Crippen LogP contribution in [0.2, 0.25) is 0 Å². The van der Waals surface area contributed by atoms with Crippen molar-refractivity contribution >= 4 is 23.6 Å². The lowest BCUT2D eigenvalue weighted by Crippen LogP contribution is -2.59. The van der Waals surface area contributed by atoms with Gasteiger partial charge in [0.1, 0.15) is 12.1 Å². The molecule has 3 aliphatic heterocycles. The number of halogens is 3. The Morgan fingerprint density at radius 3 is 2.05 bits per heavy atom. The highest BCUT2D eigenvalue weighted by atomic mass is 19.4. The van der Waals surface area contributed by atoms with Crippen molar-refractivity contribution in [1.29, 1.82) is 0 Å². The van der Waals surface area contributed by atoms with E-state index in [1.165, 1.54) is 17.0 Å². The summed E-state index contributed by atoms with van der Waals surface area (Å²) >= 11 is 0. The van der Waals surface area contributed by atoms with Gasteiger partial charge in [0.15, 0.2) is 0 Å². The smallest absolute Gasteiger partial charge is 0.295 e. The minimum Gasteiger partial charge on any atom is -0.295 e. The molecule has 3 aromatic rings. The summed E-state index contributed by atoms with van der Waals surface area (Å²) < 4.78 is 43.7. The molecule has 3 aromatic carbocycles. The van der Waals surface area contributed by atoms with Gasteiger partial charge in [0.25, 0.3) is 11.8 Å². The van der Waals surface area contributed by atoms with E-state index >= 15 is 0 Å². The number of fused-ring (bicyclic) bond motifs is 1. The number of carbonyl (C=O) groups is 4. The molecule has 2 unspecified atom stereocenters. The van der Waals surface area contributed by atoms with E-state index in [1.807, 2.05) is 65.6 Å². The van der Waals surface area contributed by atoms with Crippen molar-refractivity contribution in [3.63, 3.8) is 0 Å². The van der Waals surface area contributed by atoms with Crippen molar-refractivity contribution in [1.82, 2.24) is 20.0 Å². The summed E-state index contributed by atoms with van der Waals surface area (Å²) in [5, 5.41) is 2.15. The van der Waals surface area contributed by atoms with E-state index in [0.29, 0.717) is 12.1 Å². The van der Waals surface area contributed by atoms with Gasteiger partial charge in [-0.05, 0) is 35.2 Å². The molecule has 11 heteroatoms. The van der Waals surface area contributed by atoms with Crippen LogP contribution in [0.3, 0.4) is 0 Å². The van der Waals surface area contributed by atoms with Gasteiger partial charge in [-0.15, -0.1) is 0 Å². The molecule has 0 saturated carbocycles. The molecule has 2 atom stereocenters. The number of piperidine rings is 1. The Balaban J connectivity index is 1.23. The predicted octanol–water partition coefficient (Wildman–Crippen LogP) is 3.93. The molecular formula is C32H29F3N4O4. The van der Waals surface area contributed by atoms with E-state index < -0.39 is 41.9 Å². The fraction of sp³-hybridized carbons (Fsp3) is 0.312. The molecule has 2 saturated heterocycles.